The zero-order valence-electron chi connectivity index (χ0n) is 15.1. The lowest BCUT2D eigenvalue weighted by atomic mass is 10.1. The first-order valence-electron chi connectivity index (χ1n) is 8.75. The van der Waals surface area contributed by atoms with Crippen molar-refractivity contribution >= 4 is 29.2 Å². The third-order valence-corrected chi connectivity index (χ3v) is 4.76. The van der Waals surface area contributed by atoms with Gasteiger partial charge >= 0.3 is 6.03 Å². The summed E-state index contributed by atoms with van der Waals surface area (Å²) in [5, 5.41) is 6.31. The van der Waals surface area contributed by atoms with Gasteiger partial charge in [0, 0.05) is 42.7 Å². The molecule has 0 radical (unpaired) electrons. The molecule has 2 N–H and O–H groups in total. The van der Waals surface area contributed by atoms with Crippen molar-refractivity contribution in [2.24, 2.45) is 5.92 Å². The largest absolute Gasteiger partial charge is 0.497 e. The molecule has 1 atom stereocenters. The summed E-state index contributed by atoms with van der Waals surface area (Å²) in [6.07, 6.45) is 0.420. The van der Waals surface area contributed by atoms with E-state index < -0.39 is 0 Å². The number of nitrogens with one attached hydrogen (secondary N) is 2. The number of benzene rings is 2. The predicted molar refractivity (Wildman–Crippen MR) is 105 cm³/mol. The van der Waals surface area contributed by atoms with Crippen LogP contribution in [0.3, 0.4) is 0 Å². The average molecular weight is 388 g/mol. The summed E-state index contributed by atoms with van der Waals surface area (Å²) in [6, 6.07) is 14.5. The molecule has 0 saturated carbocycles. The van der Waals surface area contributed by atoms with Gasteiger partial charge in [-0.15, -0.1) is 0 Å². The third-order valence-electron chi connectivity index (χ3n) is 4.51. The number of urea groups is 1. The first-order valence-corrected chi connectivity index (χ1v) is 9.13. The van der Waals surface area contributed by atoms with Gasteiger partial charge in [-0.1, -0.05) is 23.7 Å². The van der Waals surface area contributed by atoms with E-state index in [-0.39, 0.29) is 17.9 Å². The molecule has 0 aliphatic carbocycles. The summed E-state index contributed by atoms with van der Waals surface area (Å²) < 4.78 is 5.14. The van der Waals surface area contributed by atoms with E-state index in [1.807, 2.05) is 36.4 Å². The van der Waals surface area contributed by atoms with Crippen molar-refractivity contribution in [3.05, 3.63) is 59.1 Å². The minimum Gasteiger partial charge on any atom is -0.497 e. The van der Waals surface area contributed by atoms with Crippen LogP contribution in [0.1, 0.15) is 12.0 Å². The number of anilines is 1. The van der Waals surface area contributed by atoms with Gasteiger partial charge in [-0.05, 0) is 42.0 Å². The lowest BCUT2D eigenvalue weighted by Crippen LogP contribution is -2.38. The molecule has 6 nitrogen and oxygen atoms in total. The van der Waals surface area contributed by atoms with Gasteiger partial charge in [0.2, 0.25) is 5.91 Å². The Hall–Kier alpha value is -2.73. The van der Waals surface area contributed by atoms with Gasteiger partial charge < -0.3 is 20.3 Å². The molecule has 1 unspecified atom stereocenters. The van der Waals surface area contributed by atoms with Crippen LogP contribution in [-0.4, -0.2) is 32.1 Å². The van der Waals surface area contributed by atoms with Crippen molar-refractivity contribution in [3.8, 4) is 5.75 Å². The van der Waals surface area contributed by atoms with Crippen molar-refractivity contribution in [2.75, 3.05) is 25.1 Å². The van der Waals surface area contributed by atoms with Crippen molar-refractivity contribution in [1.82, 2.24) is 10.6 Å². The van der Waals surface area contributed by atoms with Crippen LogP contribution in [0.4, 0.5) is 10.5 Å². The van der Waals surface area contributed by atoms with Crippen molar-refractivity contribution < 1.29 is 14.3 Å². The van der Waals surface area contributed by atoms with E-state index in [4.69, 9.17) is 16.3 Å². The van der Waals surface area contributed by atoms with Crippen molar-refractivity contribution in [3.63, 3.8) is 0 Å². The number of nitrogens with zero attached hydrogens (tertiary/aromatic N) is 1. The van der Waals surface area contributed by atoms with Gasteiger partial charge in [-0.2, -0.15) is 0 Å². The highest BCUT2D eigenvalue weighted by Gasteiger charge is 2.30. The fraction of sp³-hybridized carbons (Fsp3) is 0.300. The molecule has 27 heavy (non-hydrogen) atoms. The van der Waals surface area contributed by atoms with Crippen LogP contribution in [0, 0.1) is 5.92 Å². The van der Waals surface area contributed by atoms with Gasteiger partial charge in [-0.25, -0.2) is 4.79 Å². The molecule has 0 spiro atoms. The molecular formula is C20H22ClN3O3. The summed E-state index contributed by atoms with van der Waals surface area (Å²) in [7, 11) is 1.61. The Balaban J connectivity index is 1.45. The van der Waals surface area contributed by atoms with E-state index in [0.717, 1.165) is 17.0 Å². The number of hydrogen-bond donors (Lipinski definition) is 2. The Labute approximate surface area is 163 Å². The van der Waals surface area contributed by atoms with Gasteiger partial charge in [-0.3, -0.25) is 4.79 Å². The molecule has 2 aromatic carbocycles. The highest BCUT2D eigenvalue weighted by Crippen LogP contribution is 2.26. The number of methoxy groups -OCH3 is 1. The van der Waals surface area contributed by atoms with Crippen LogP contribution in [0.15, 0.2) is 48.5 Å². The molecular weight excluding hydrogens is 366 g/mol. The zero-order chi connectivity index (χ0) is 19.2. The van der Waals surface area contributed by atoms with Gasteiger partial charge in [0.05, 0.1) is 7.11 Å². The molecule has 3 rings (SSSR count). The number of hydrogen-bond acceptors (Lipinski definition) is 3. The number of halogens is 1. The van der Waals surface area contributed by atoms with E-state index in [0.29, 0.717) is 31.1 Å². The Morgan fingerprint density at radius 2 is 1.85 bits per heavy atom. The van der Waals surface area contributed by atoms with Gasteiger partial charge in [0.25, 0.3) is 0 Å². The second kappa shape index (κ2) is 8.77. The van der Waals surface area contributed by atoms with Gasteiger partial charge in [0.1, 0.15) is 5.75 Å². The lowest BCUT2D eigenvalue weighted by molar-refractivity contribution is -0.117. The normalized spacial score (nSPS) is 16.3. The SMILES string of the molecule is COc1ccc(N2CC(CNC(=O)NCc3ccc(Cl)cc3)CC2=O)cc1. The number of ether oxygens (including phenoxy) is 1. The number of amides is 3. The van der Waals surface area contributed by atoms with E-state index in [1.165, 1.54) is 0 Å². The Kier molecular flexibility index (Phi) is 6.19. The fourth-order valence-corrected chi connectivity index (χ4v) is 3.14. The molecule has 1 heterocycles. The molecule has 3 amide bonds. The van der Waals surface area contributed by atoms with Crippen LogP contribution in [0.25, 0.3) is 0 Å². The topological polar surface area (TPSA) is 70.7 Å². The van der Waals surface area contributed by atoms with Gasteiger partial charge in [0.15, 0.2) is 0 Å². The third kappa shape index (κ3) is 5.14. The summed E-state index contributed by atoms with van der Waals surface area (Å²) in [4.78, 5) is 26.0. The van der Waals surface area contributed by atoms with Crippen molar-refractivity contribution in [2.45, 2.75) is 13.0 Å². The van der Waals surface area contributed by atoms with Crippen LogP contribution in [0.2, 0.25) is 5.02 Å². The van der Waals surface area contributed by atoms with E-state index in [1.54, 1.807) is 24.1 Å². The minimum absolute atomic E-state index is 0.0635. The first kappa shape index (κ1) is 19.0. The maximum Gasteiger partial charge on any atom is 0.315 e. The maximum absolute atomic E-state index is 12.3. The maximum atomic E-state index is 12.3. The van der Waals surface area contributed by atoms with Crippen LogP contribution < -0.4 is 20.3 Å². The van der Waals surface area contributed by atoms with Crippen molar-refractivity contribution in [1.29, 1.82) is 0 Å². The number of carbonyl (C=O) groups excluding carboxylic acids is 2. The van der Waals surface area contributed by atoms with Crippen LogP contribution in [-0.2, 0) is 11.3 Å². The highest BCUT2D eigenvalue weighted by atomic mass is 35.5. The monoisotopic (exact) mass is 387 g/mol. The smallest absolute Gasteiger partial charge is 0.315 e. The number of carbonyl (C=O) groups is 2. The molecule has 0 aromatic heterocycles. The van der Waals surface area contributed by atoms with E-state index in [9.17, 15) is 9.59 Å². The Morgan fingerprint density at radius 3 is 2.52 bits per heavy atom. The minimum atomic E-state index is -0.250. The standard InChI is InChI=1S/C20H22ClN3O3/c1-27-18-8-6-17(7-9-18)24-13-15(10-19(24)25)12-23-20(26)22-11-14-2-4-16(21)5-3-14/h2-9,15H,10-13H2,1H3,(H2,22,23,26). The molecule has 1 fully saturated rings. The summed E-state index contributed by atoms with van der Waals surface area (Å²) in [5.41, 5.74) is 1.81. The Morgan fingerprint density at radius 1 is 1.15 bits per heavy atom. The lowest BCUT2D eigenvalue weighted by Gasteiger charge is -2.17. The molecule has 2 aromatic rings. The summed E-state index contributed by atoms with van der Waals surface area (Å²) in [6.45, 7) is 1.46. The highest BCUT2D eigenvalue weighted by molar-refractivity contribution is 6.30. The number of rotatable bonds is 6. The summed E-state index contributed by atoms with van der Waals surface area (Å²) >= 11 is 5.84. The Bertz CT molecular complexity index is 793. The quantitative estimate of drug-likeness (QED) is 0.799. The zero-order valence-corrected chi connectivity index (χ0v) is 15.8. The molecule has 142 valence electrons. The fourth-order valence-electron chi connectivity index (χ4n) is 3.01. The van der Waals surface area contributed by atoms with Crippen LogP contribution >= 0.6 is 11.6 Å². The molecule has 1 aliphatic heterocycles. The van der Waals surface area contributed by atoms with E-state index >= 15 is 0 Å². The second-order valence-electron chi connectivity index (χ2n) is 6.46. The predicted octanol–water partition coefficient (Wildman–Crippen LogP) is 3.20. The van der Waals surface area contributed by atoms with Crippen LogP contribution in [0.5, 0.6) is 5.75 Å². The molecule has 0 bridgehead atoms. The van der Waals surface area contributed by atoms with E-state index in [2.05, 4.69) is 10.6 Å². The second-order valence-corrected chi connectivity index (χ2v) is 6.90. The first-order chi connectivity index (χ1) is 13.0. The molecule has 1 aliphatic rings. The molecule has 7 heteroatoms. The summed E-state index contributed by atoms with van der Waals surface area (Å²) in [5.74, 6) is 0.899. The average Bonchev–Trinajstić information content (AvgIpc) is 3.06. The molecule has 1 saturated heterocycles.